The molecule has 2 aromatic rings. The number of nitrogens with one attached hydrogen (secondary N) is 1. The maximum absolute atomic E-state index is 13.3. The zero-order chi connectivity index (χ0) is 25.5. The van der Waals surface area contributed by atoms with Gasteiger partial charge in [-0.05, 0) is 44.2 Å². The van der Waals surface area contributed by atoms with E-state index in [1.807, 2.05) is 42.3 Å². The number of carbonyl (C=O) groups is 2. The van der Waals surface area contributed by atoms with Crippen LogP contribution in [-0.2, 0) is 25.6 Å². The molecule has 0 fully saturated rings. The standard InChI is InChI=1S/C26H29N3O6/c1-17-22(25(30)34-4)24(20-11-8-12-21(15-20)29(32)33)23(18(2)27-17)26(31)35-14-13-28(3)16-19-9-6-5-7-10-19/h5-12,15,24,27H,13-14,16H2,1-4H3/q-2. The number of hydrogen-bond acceptors (Lipinski definition) is 9. The first-order chi connectivity index (χ1) is 16.7. The van der Waals surface area contributed by atoms with E-state index in [1.165, 1.54) is 25.3 Å². The zero-order valence-electron chi connectivity index (χ0n) is 20.2. The molecule has 9 nitrogen and oxygen atoms in total. The number of benzene rings is 2. The Morgan fingerprint density at radius 3 is 2.26 bits per heavy atom. The van der Waals surface area contributed by atoms with Crippen molar-refractivity contribution in [3.05, 3.63) is 98.7 Å². The lowest BCUT2D eigenvalue weighted by Gasteiger charge is -2.38. The highest BCUT2D eigenvalue weighted by molar-refractivity contribution is 6.00. The summed E-state index contributed by atoms with van der Waals surface area (Å²) in [5.74, 6) is -2.11. The maximum atomic E-state index is 13.3. The molecule has 0 aromatic heterocycles. The summed E-state index contributed by atoms with van der Waals surface area (Å²) in [5, 5.41) is 25.3. The van der Waals surface area contributed by atoms with Gasteiger partial charge >= 0.3 is 11.9 Å². The molecule has 0 spiro atoms. The fourth-order valence-electron chi connectivity index (χ4n) is 4.14. The predicted molar refractivity (Wildman–Crippen MR) is 133 cm³/mol. The summed E-state index contributed by atoms with van der Waals surface area (Å²) in [6, 6.07) is 15.8. The van der Waals surface area contributed by atoms with Gasteiger partial charge in [0.2, 0.25) is 0 Å². The van der Waals surface area contributed by atoms with Crippen molar-refractivity contribution in [2.45, 2.75) is 26.3 Å². The highest BCUT2D eigenvalue weighted by atomic mass is 16.8. The monoisotopic (exact) mass is 479 g/mol. The van der Waals surface area contributed by atoms with Crippen LogP contribution in [0.3, 0.4) is 0 Å². The molecule has 1 unspecified atom stereocenters. The fraction of sp³-hybridized carbons (Fsp3) is 0.308. The highest BCUT2D eigenvalue weighted by Gasteiger charge is 2.37. The number of methoxy groups -OCH3 is 1. The summed E-state index contributed by atoms with van der Waals surface area (Å²) in [6.45, 7) is 4.74. The number of hydrogen-bond donors (Lipinski definition) is 1. The molecule has 0 amide bonds. The second kappa shape index (κ2) is 11.7. The molecule has 35 heavy (non-hydrogen) atoms. The number of carbonyl (C=O) groups excluding carboxylic acids is 2. The average molecular weight is 480 g/mol. The number of dihydropyridines is 1. The van der Waals surface area contributed by atoms with Crippen LogP contribution in [0.25, 0.3) is 0 Å². The van der Waals surface area contributed by atoms with E-state index >= 15 is 0 Å². The van der Waals surface area contributed by atoms with Crippen LogP contribution < -0.4 is 10.5 Å². The Balaban J connectivity index is 1.83. The zero-order valence-corrected chi connectivity index (χ0v) is 20.2. The van der Waals surface area contributed by atoms with Gasteiger partial charge in [-0.2, -0.15) is 0 Å². The SMILES string of the molecule is COC(=O)C1=C(C)NC(C)=C(C(=O)OCCN(C)Cc2ccccc2)C1c1cccc(N([O-])[O-])c1. The van der Waals surface area contributed by atoms with Crippen molar-refractivity contribution >= 4 is 17.6 Å². The Labute approximate surface area is 204 Å². The molecule has 0 saturated carbocycles. The summed E-state index contributed by atoms with van der Waals surface area (Å²) < 4.78 is 10.6. The number of likely N-dealkylation sites (N-methyl/N-ethyl adjacent to an activating group) is 1. The van der Waals surface area contributed by atoms with Crippen molar-refractivity contribution in [1.82, 2.24) is 10.2 Å². The molecule has 0 aliphatic carbocycles. The van der Waals surface area contributed by atoms with Crippen molar-refractivity contribution in [2.75, 3.05) is 32.5 Å². The Kier molecular flexibility index (Phi) is 8.64. The highest BCUT2D eigenvalue weighted by Crippen LogP contribution is 2.40. The van der Waals surface area contributed by atoms with E-state index in [0.717, 1.165) is 5.56 Å². The van der Waals surface area contributed by atoms with Gasteiger partial charge in [0.25, 0.3) is 0 Å². The van der Waals surface area contributed by atoms with E-state index in [4.69, 9.17) is 9.47 Å². The lowest BCUT2D eigenvalue weighted by atomic mass is 9.80. The van der Waals surface area contributed by atoms with Crippen LogP contribution in [0.5, 0.6) is 0 Å². The van der Waals surface area contributed by atoms with Crippen molar-refractivity contribution < 1.29 is 19.1 Å². The topological polar surface area (TPSA) is 117 Å². The molecule has 0 radical (unpaired) electrons. The van der Waals surface area contributed by atoms with E-state index in [2.05, 4.69) is 5.32 Å². The summed E-state index contributed by atoms with van der Waals surface area (Å²) in [4.78, 5) is 28.0. The fourth-order valence-corrected chi connectivity index (χ4v) is 4.14. The molecule has 1 N–H and O–H groups in total. The molecule has 0 saturated heterocycles. The summed E-state index contributed by atoms with van der Waals surface area (Å²) in [5.41, 5.74) is 2.85. The maximum Gasteiger partial charge on any atom is 0.336 e. The van der Waals surface area contributed by atoms with Crippen LogP contribution in [0.15, 0.2) is 77.1 Å². The van der Waals surface area contributed by atoms with Crippen LogP contribution in [0, 0.1) is 10.4 Å². The third-order valence-corrected chi connectivity index (χ3v) is 5.80. The number of allylic oxidation sites excluding steroid dienone is 2. The number of ether oxygens (including phenoxy) is 2. The molecule has 186 valence electrons. The second-order valence-corrected chi connectivity index (χ2v) is 8.34. The first-order valence-corrected chi connectivity index (χ1v) is 11.1. The van der Waals surface area contributed by atoms with E-state index in [9.17, 15) is 20.0 Å². The number of nitrogens with zero attached hydrogens (tertiary/aromatic N) is 2. The second-order valence-electron chi connectivity index (χ2n) is 8.34. The first-order valence-electron chi connectivity index (χ1n) is 11.1. The number of esters is 2. The molecule has 0 bridgehead atoms. The Morgan fingerprint density at radius 1 is 0.971 bits per heavy atom. The minimum absolute atomic E-state index is 0.136. The minimum atomic E-state index is -0.877. The van der Waals surface area contributed by atoms with Gasteiger partial charge in [0.05, 0.1) is 24.2 Å². The predicted octanol–water partition coefficient (Wildman–Crippen LogP) is 3.57. The molecule has 3 rings (SSSR count). The van der Waals surface area contributed by atoms with Crippen LogP contribution in [0.4, 0.5) is 5.69 Å². The van der Waals surface area contributed by atoms with E-state index in [0.29, 0.717) is 30.0 Å². The lowest BCUT2D eigenvalue weighted by molar-refractivity contribution is -0.139. The van der Waals surface area contributed by atoms with Crippen LogP contribution >= 0.6 is 0 Å². The molecule has 1 aliphatic heterocycles. The summed E-state index contributed by atoms with van der Waals surface area (Å²) in [6.07, 6.45) is 0. The van der Waals surface area contributed by atoms with Gasteiger partial charge in [-0.1, -0.05) is 42.5 Å². The van der Waals surface area contributed by atoms with Gasteiger partial charge in [-0.3, -0.25) is 4.90 Å². The van der Waals surface area contributed by atoms with Crippen molar-refractivity contribution in [3.63, 3.8) is 0 Å². The third kappa shape index (κ3) is 6.27. The number of rotatable bonds is 9. The van der Waals surface area contributed by atoms with Gasteiger partial charge in [-0.25, -0.2) is 9.59 Å². The van der Waals surface area contributed by atoms with Gasteiger partial charge in [0, 0.05) is 30.2 Å². The molecule has 1 atom stereocenters. The Hall–Kier alpha value is -3.66. The lowest BCUT2D eigenvalue weighted by Crippen LogP contribution is -2.33. The first kappa shape index (κ1) is 26.0. The van der Waals surface area contributed by atoms with Gasteiger partial charge in [0.15, 0.2) is 0 Å². The largest absolute Gasteiger partial charge is 0.769 e. The minimum Gasteiger partial charge on any atom is -0.769 e. The summed E-state index contributed by atoms with van der Waals surface area (Å²) >= 11 is 0. The molecular formula is C26H29N3O6-2. The Bertz CT molecular complexity index is 1130. The molecule has 1 heterocycles. The quantitative estimate of drug-likeness (QED) is 0.425. The molecule has 9 heteroatoms. The smallest absolute Gasteiger partial charge is 0.336 e. The van der Waals surface area contributed by atoms with Gasteiger partial charge in [-0.15, -0.1) is 0 Å². The third-order valence-electron chi connectivity index (χ3n) is 5.80. The van der Waals surface area contributed by atoms with Crippen LogP contribution in [0.1, 0.15) is 30.9 Å². The van der Waals surface area contributed by atoms with Crippen molar-refractivity contribution in [3.8, 4) is 0 Å². The van der Waals surface area contributed by atoms with E-state index in [-0.39, 0.29) is 23.4 Å². The van der Waals surface area contributed by atoms with Crippen molar-refractivity contribution in [2.24, 2.45) is 0 Å². The van der Waals surface area contributed by atoms with E-state index < -0.39 is 23.1 Å². The average Bonchev–Trinajstić information content (AvgIpc) is 2.83. The van der Waals surface area contributed by atoms with Crippen molar-refractivity contribution in [1.29, 1.82) is 0 Å². The molecule has 2 aromatic carbocycles. The summed E-state index contributed by atoms with van der Waals surface area (Å²) in [7, 11) is 3.18. The molecular weight excluding hydrogens is 450 g/mol. The normalized spacial score (nSPS) is 15.7. The Morgan fingerprint density at radius 2 is 1.63 bits per heavy atom. The number of anilines is 1. The van der Waals surface area contributed by atoms with Gasteiger partial charge in [0.1, 0.15) is 6.61 Å². The van der Waals surface area contributed by atoms with Gasteiger partial charge < -0.3 is 30.4 Å². The molecule has 1 aliphatic rings. The van der Waals surface area contributed by atoms with E-state index in [1.54, 1.807) is 19.9 Å². The van der Waals surface area contributed by atoms with Crippen LogP contribution in [-0.4, -0.2) is 44.1 Å². The van der Waals surface area contributed by atoms with Crippen LogP contribution in [0.2, 0.25) is 0 Å².